The van der Waals surface area contributed by atoms with E-state index in [4.69, 9.17) is 0 Å². The fourth-order valence-electron chi connectivity index (χ4n) is 0.974. The van der Waals surface area contributed by atoms with Crippen molar-refractivity contribution in [1.82, 2.24) is 9.97 Å². The number of hydrogen-bond acceptors (Lipinski definition) is 1. The number of fused-ring (bicyclic) bond motifs is 1. The summed E-state index contributed by atoms with van der Waals surface area (Å²) in [7, 11) is 0. The molecule has 0 bridgehead atoms. The molecule has 62 valence electrons. The van der Waals surface area contributed by atoms with Crippen LogP contribution >= 0.6 is 67.8 Å². The second-order valence-corrected chi connectivity index (χ2v) is 5.66. The summed E-state index contributed by atoms with van der Waals surface area (Å²) in [5.41, 5.74) is 2.16. The first kappa shape index (κ1) is 9.44. The molecule has 1 aromatic carbocycles. The number of halogens is 3. The Morgan fingerprint density at radius 2 is 1.75 bits per heavy atom. The van der Waals surface area contributed by atoms with Gasteiger partial charge in [0, 0.05) is 7.14 Å². The van der Waals surface area contributed by atoms with E-state index in [0.717, 1.165) is 14.9 Å². The van der Waals surface area contributed by atoms with Gasteiger partial charge in [-0.2, -0.15) is 0 Å². The van der Waals surface area contributed by atoms with Gasteiger partial charge in [0.25, 0.3) is 0 Å². The molecule has 2 rings (SSSR count). The Bertz CT molecular complexity index is 396. The molecule has 0 aliphatic heterocycles. The molecule has 1 aromatic heterocycles. The third kappa shape index (κ3) is 1.72. The van der Waals surface area contributed by atoms with Crippen LogP contribution in [0.2, 0.25) is 0 Å². The number of benzene rings is 1. The van der Waals surface area contributed by atoms with Crippen molar-refractivity contribution < 1.29 is 0 Å². The molecule has 5 heteroatoms. The first-order chi connectivity index (χ1) is 5.66. The SMILES string of the molecule is Ic1nc2cc(I)c(I)cc2[nH]1. The Hall–Kier alpha value is 0.880. The van der Waals surface area contributed by atoms with Crippen LogP contribution in [0.15, 0.2) is 12.1 Å². The summed E-state index contributed by atoms with van der Waals surface area (Å²) in [4.78, 5) is 7.53. The lowest BCUT2D eigenvalue weighted by Gasteiger charge is -1.93. The Morgan fingerprint density at radius 1 is 1.08 bits per heavy atom. The number of nitrogens with one attached hydrogen (secondary N) is 1. The molecule has 0 saturated carbocycles. The standard InChI is InChI=1S/C7H3I3N2/c8-3-1-5-6(2-4(3)9)12-7(10)11-5/h1-2H,(H,11,12). The molecule has 0 unspecified atom stereocenters. The van der Waals surface area contributed by atoms with Crippen LogP contribution in [-0.2, 0) is 0 Å². The van der Waals surface area contributed by atoms with Gasteiger partial charge >= 0.3 is 0 Å². The minimum Gasteiger partial charge on any atom is -0.333 e. The smallest absolute Gasteiger partial charge is 0.169 e. The Balaban J connectivity index is 2.83. The summed E-state index contributed by atoms with van der Waals surface area (Å²) in [6, 6.07) is 4.21. The van der Waals surface area contributed by atoms with E-state index in [1.54, 1.807) is 0 Å². The van der Waals surface area contributed by atoms with Gasteiger partial charge in [0.05, 0.1) is 11.0 Å². The predicted octanol–water partition coefficient (Wildman–Crippen LogP) is 3.38. The lowest BCUT2D eigenvalue weighted by atomic mass is 10.3. The van der Waals surface area contributed by atoms with Crippen LogP contribution in [0.25, 0.3) is 11.0 Å². The molecular weight excluding hydrogens is 493 g/mol. The molecule has 1 heterocycles. The summed E-state index contributed by atoms with van der Waals surface area (Å²) in [5.74, 6) is 0. The summed E-state index contributed by atoms with van der Waals surface area (Å²) in [5, 5.41) is 0. The van der Waals surface area contributed by atoms with Crippen molar-refractivity contribution in [2.75, 3.05) is 0 Å². The van der Waals surface area contributed by atoms with Crippen LogP contribution in [0.3, 0.4) is 0 Å². The number of aromatic amines is 1. The van der Waals surface area contributed by atoms with Crippen molar-refractivity contribution in [2.24, 2.45) is 0 Å². The maximum absolute atomic E-state index is 4.34. The Kier molecular flexibility index (Phi) is 2.80. The van der Waals surface area contributed by atoms with Gasteiger partial charge in [-0.1, -0.05) is 0 Å². The summed E-state index contributed by atoms with van der Waals surface area (Å²) in [6.45, 7) is 0. The van der Waals surface area contributed by atoms with Crippen LogP contribution in [0.1, 0.15) is 0 Å². The minimum absolute atomic E-state index is 0.945. The second-order valence-electron chi connectivity index (χ2n) is 2.31. The topological polar surface area (TPSA) is 28.7 Å². The zero-order valence-electron chi connectivity index (χ0n) is 5.74. The number of nitrogens with zero attached hydrogens (tertiary/aromatic N) is 1. The van der Waals surface area contributed by atoms with Gasteiger partial charge in [0.15, 0.2) is 3.83 Å². The molecule has 1 N–H and O–H groups in total. The first-order valence-electron chi connectivity index (χ1n) is 3.17. The molecule has 0 radical (unpaired) electrons. The lowest BCUT2D eigenvalue weighted by molar-refractivity contribution is 1.26. The van der Waals surface area contributed by atoms with Gasteiger partial charge in [-0.25, -0.2) is 4.98 Å². The molecule has 12 heavy (non-hydrogen) atoms. The van der Waals surface area contributed by atoms with E-state index < -0.39 is 0 Å². The maximum Gasteiger partial charge on any atom is 0.169 e. The molecule has 0 atom stereocenters. The average Bonchev–Trinajstić information content (AvgIpc) is 2.30. The quantitative estimate of drug-likeness (QED) is 0.558. The zero-order chi connectivity index (χ0) is 8.72. The highest BCUT2D eigenvalue weighted by Gasteiger charge is 2.03. The lowest BCUT2D eigenvalue weighted by Crippen LogP contribution is -1.78. The summed E-state index contributed by atoms with van der Waals surface area (Å²) < 4.78 is 3.46. The fraction of sp³-hybridized carbons (Fsp3) is 0. The number of hydrogen-bond donors (Lipinski definition) is 1. The maximum atomic E-state index is 4.34. The highest BCUT2D eigenvalue weighted by Crippen LogP contribution is 2.21. The summed E-state index contributed by atoms with van der Waals surface area (Å²) in [6.07, 6.45) is 0. The van der Waals surface area contributed by atoms with Crippen molar-refractivity contribution in [3.05, 3.63) is 23.1 Å². The third-order valence-corrected chi connectivity index (χ3v) is 4.82. The van der Waals surface area contributed by atoms with Gasteiger partial charge in [-0.15, -0.1) is 0 Å². The van der Waals surface area contributed by atoms with E-state index in [-0.39, 0.29) is 0 Å². The van der Waals surface area contributed by atoms with E-state index in [2.05, 4.69) is 89.9 Å². The van der Waals surface area contributed by atoms with Crippen molar-refractivity contribution in [3.63, 3.8) is 0 Å². The second kappa shape index (κ2) is 3.56. The average molecular weight is 496 g/mol. The molecular formula is C7H3I3N2. The molecule has 0 spiro atoms. The summed E-state index contributed by atoms with van der Waals surface area (Å²) >= 11 is 6.83. The minimum atomic E-state index is 0.945. The normalized spacial score (nSPS) is 10.9. The van der Waals surface area contributed by atoms with Crippen molar-refractivity contribution >= 4 is 78.8 Å². The number of aromatic nitrogens is 2. The largest absolute Gasteiger partial charge is 0.333 e. The predicted molar refractivity (Wildman–Crippen MR) is 74.2 cm³/mol. The number of imidazole rings is 1. The molecule has 0 aliphatic rings. The van der Waals surface area contributed by atoms with E-state index >= 15 is 0 Å². The highest BCUT2D eigenvalue weighted by molar-refractivity contribution is 14.1. The zero-order valence-corrected chi connectivity index (χ0v) is 12.2. The van der Waals surface area contributed by atoms with Crippen molar-refractivity contribution in [2.45, 2.75) is 0 Å². The Labute approximate surface area is 110 Å². The van der Waals surface area contributed by atoms with Gasteiger partial charge in [-0.3, -0.25) is 0 Å². The fourth-order valence-corrected chi connectivity index (χ4v) is 2.44. The third-order valence-electron chi connectivity index (χ3n) is 1.50. The number of H-pyrrole nitrogens is 1. The van der Waals surface area contributed by atoms with Gasteiger partial charge in [0.1, 0.15) is 0 Å². The van der Waals surface area contributed by atoms with E-state index in [0.29, 0.717) is 0 Å². The van der Waals surface area contributed by atoms with Crippen LogP contribution in [0, 0.1) is 11.0 Å². The molecule has 0 amide bonds. The van der Waals surface area contributed by atoms with Crippen LogP contribution < -0.4 is 0 Å². The molecule has 2 aromatic rings. The van der Waals surface area contributed by atoms with Crippen molar-refractivity contribution in [3.8, 4) is 0 Å². The van der Waals surface area contributed by atoms with Gasteiger partial charge in [0.2, 0.25) is 0 Å². The first-order valence-corrected chi connectivity index (χ1v) is 6.41. The van der Waals surface area contributed by atoms with E-state index in [1.807, 2.05) is 0 Å². The van der Waals surface area contributed by atoms with Crippen LogP contribution in [0.5, 0.6) is 0 Å². The van der Waals surface area contributed by atoms with Gasteiger partial charge < -0.3 is 4.98 Å². The van der Waals surface area contributed by atoms with Crippen molar-refractivity contribution in [1.29, 1.82) is 0 Å². The monoisotopic (exact) mass is 496 g/mol. The van der Waals surface area contributed by atoms with Crippen LogP contribution in [0.4, 0.5) is 0 Å². The van der Waals surface area contributed by atoms with Gasteiger partial charge in [-0.05, 0) is 79.9 Å². The van der Waals surface area contributed by atoms with E-state index in [9.17, 15) is 0 Å². The van der Waals surface area contributed by atoms with Crippen LogP contribution in [-0.4, -0.2) is 9.97 Å². The Morgan fingerprint density at radius 3 is 2.50 bits per heavy atom. The molecule has 0 aliphatic carbocycles. The molecule has 0 fully saturated rings. The van der Waals surface area contributed by atoms with E-state index in [1.165, 1.54) is 7.14 Å². The number of rotatable bonds is 0. The molecule has 0 saturated heterocycles. The molecule has 2 nitrogen and oxygen atoms in total. The highest BCUT2D eigenvalue weighted by atomic mass is 127.